The van der Waals surface area contributed by atoms with E-state index in [0.29, 0.717) is 34.7 Å². The number of halogens is 2. The van der Waals surface area contributed by atoms with E-state index in [1.165, 1.54) is 0 Å². The fourth-order valence-electron chi connectivity index (χ4n) is 3.34. The number of fused-ring (bicyclic) bond motifs is 1. The van der Waals surface area contributed by atoms with Crippen molar-refractivity contribution in [3.05, 3.63) is 56.1 Å². The fourth-order valence-corrected chi connectivity index (χ4v) is 3.84. The van der Waals surface area contributed by atoms with Crippen molar-refractivity contribution in [2.24, 2.45) is 11.5 Å². The van der Waals surface area contributed by atoms with Crippen molar-refractivity contribution in [3.8, 4) is 11.5 Å². The van der Waals surface area contributed by atoms with Gasteiger partial charge in [-0.05, 0) is 24.5 Å². The monoisotopic (exact) mass is 424 g/mol. The first kappa shape index (κ1) is 20.7. The number of aromatic hydroxyl groups is 1. The molecule has 0 saturated carbocycles. The zero-order valence-electron chi connectivity index (χ0n) is 15.4. The molecule has 1 aliphatic rings. The molecule has 5 N–H and O–H groups in total. The maximum Gasteiger partial charge on any atom is 0.347 e. The number of carbonyl (C=O) groups is 1. The molecule has 0 fully saturated rings. The summed E-state index contributed by atoms with van der Waals surface area (Å²) in [5.74, 6) is 0.119. The molecule has 3 rings (SSSR count). The summed E-state index contributed by atoms with van der Waals surface area (Å²) in [5.41, 5.74) is 15.2. The van der Waals surface area contributed by atoms with E-state index in [9.17, 15) is 9.90 Å². The number of nitrogens with two attached hydrogens (primary N) is 2. The van der Waals surface area contributed by atoms with Gasteiger partial charge in [-0.3, -0.25) is 0 Å². The predicted molar refractivity (Wildman–Crippen MR) is 108 cm³/mol. The van der Waals surface area contributed by atoms with Crippen LogP contribution in [0.1, 0.15) is 34.7 Å². The molecule has 2 aromatic carbocycles. The van der Waals surface area contributed by atoms with Crippen LogP contribution in [0.15, 0.2) is 18.2 Å². The minimum absolute atomic E-state index is 0.123. The summed E-state index contributed by atoms with van der Waals surface area (Å²) in [5, 5.41) is 10.8. The van der Waals surface area contributed by atoms with E-state index in [4.69, 9.17) is 44.1 Å². The molecule has 0 saturated heterocycles. The van der Waals surface area contributed by atoms with Crippen molar-refractivity contribution in [2.45, 2.75) is 39.0 Å². The summed E-state index contributed by atoms with van der Waals surface area (Å²) in [4.78, 5) is 12.0. The summed E-state index contributed by atoms with van der Waals surface area (Å²) in [6, 6.07) is 5.54. The quantitative estimate of drug-likeness (QED) is 0.614. The zero-order valence-corrected chi connectivity index (χ0v) is 16.9. The lowest BCUT2D eigenvalue weighted by molar-refractivity contribution is -0.150. The zero-order chi connectivity index (χ0) is 20.4. The lowest BCUT2D eigenvalue weighted by atomic mass is 9.97. The molecule has 0 spiro atoms. The lowest BCUT2D eigenvalue weighted by Crippen LogP contribution is -2.27. The highest BCUT2D eigenvalue weighted by Crippen LogP contribution is 2.43. The average Bonchev–Trinajstić information content (AvgIpc) is 3.11. The van der Waals surface area contributed by atoms with E-state index in [2.05, 4.69) is 0 Å². The van der Waals surface area contributed by atoms with Gasteiger partial charge >= 0.3 is 5.97 Å². The second-order valence-electron chi connectivity index (χ2n) is 6.56. The summed E-state index contributed by atoms with van der Waals surface area (Å²) in [6.07, 6.45) is 0.117. The van der Waals surface area contributed by atoms with Gasteiger partial charge in [-0.25, -0.2) is 4.79 Å². The standard InChI is InChI=1S/C20H22Cl2N2O4/c1-2-27-20(26)15-7-12-6-11(16(21)17(22)19(12)28-15)3-10-4-13(8-23)18(25)14(5-10)9-24/h4-6,15,25H,2-3,7-9,23-24H2,1H3. The van der Waals surface area contributed by atoms with Gasteiger partial charge in [0.05, 0.1) is 11.6 Å². The smallest absolute Gasteiger partial charge is 0.347 e. The molecule has 0 amide bonds. The van der Waals surface area contributed by atoms with Crippen LogP contribution in [0.3, 0.4) is 0 Å². The van der Waals surface area contributed by atoms with Crippen LogP contribution in [-0.4, -0.2) is 23.8 Å². The Morgan fingerprint density at radius 1 is 1.18 bits per heavy atom. The first-order valence-electron chi connectivity index (χ1n) is 8.96. The number of phenolic OH excluding ortho intramolecular Hbond substituents is 1. The molecule has 8 heteroatoms. The molecule has 0 aromatic heterocycles. The lowest BCUT2D eigenvalue weighted by Gasteiger charge is -2.14. The van der Waals surface area contributed by atoms with Crippen molar-refractivity contribution in [2.75, 3.05) is 6.61 Å². The number of ether oxygens (including phenoxy) is 2. The van der Waals surface area contributed by atoms with Crippen molar-refractivity contribution < 1.29 is 19.4 Å². The summed E-state index contributed by atoms with van der Waals surface area (Å²) >= 11 is 12.9. The number of carbonyl (C=O) groups excluding carboxylic acids is 1. The Bertz CT molecular complexity index is 893. The Morgan fingerprint density at radius 2 is 1.82 bits per heavy atom. The Labute approximate surface area is 173 Å². The molecule has 28 heavy (non-hydrogen) atoms. The topological polar surface area (TPSA) is 108 Å². The number of esters is 1. The van der Waals surface area contributed by atoms with Crippen LogP contribution in [0.5, 0.6) is 11.5 Å². The van der Waals surface area contributed by atoms with Crippen LogP contribution in [0, 0.1) is 0 Å². The highest BCUT2D eigenvalue weighted by atomic mass is 35.5. The SMILES string of the molecule is CCOC(=O)C1Cc2cc(Cc3cc(CN)c(O)c(CN)c3)c(Cl)c(Cl)c2O1. The number of hydrogen-bond acceptors (Lipinski definition) is 6. The Balaban J connectivity index is 1.93. The highest BCUT2D eigenvalue weighted by molar-refractivity contribution is 6.43. The van der Waals surface area contributed by atoms with Crippen LogP contribution in [0.2, 0.25) is 10.0 Å². The Hall–Kier alpha value is -1.99. The minimum Gasteiger partial charge on any atom is -0.507 e. The van der Waals surface area contributed by atoms with Crippen LogP contribution in [0.4, 0.5) is 0 Å². The Kier molecular flexibility index (Phi) is 6.35. The molecule has 1 atom stereocenters. The van der Waals surface area contributed by atoms with Gasteiger partial charge in [0, 0.05) is 36.2 Å². The molecular weight excluding hydrogens is 403 g/mol. The largest absolute Gasteiger partial charge is 0.507 e. The van der Waals surface area contributed by atoms with Crippen LogP contribution in [-0.2, 0) is 35.5 Å². The van der Waals surface area contributed by atoms with E-state index in [-0.39, 0.29) is 30.5 Å². The molecule has 1 unspecified atom stereocenters. The maximum absolute atomic E-state index is 12.0. The Morgan fingerprint density at radius 3 is 2.39 bits per heavy atom. The van der Waals surface area contributed by atoms with Gasteiger partial charge in [-0.15, -0.1) is 0 Å². The molecule has 1 aliphatic heterocycles. The fraction of sp³-hybridized carbons (Fsp3) is 0.350. The van der Waals surface area contributed by atoms with Crippen molar-refractivity contribution in [3.63, 3.8) is 0 Å². The van der Waals surface area contributed by atoms with Crippen LogP contribution >= 0.6 is 23.2 Å². The van der Waals surface area contributed by atoms with Gasteiger partial charge in [-0.1, -0.05) is 41.4 Å². The van der Waals surface area contributed by atoms with Gasteiger partial charge in [0.15, 0.2) is 6.10 Å². The van der Waals surface area contributed by atoms with Crippen LogP contribution < -0.4 is 16.2 Å². The second kappa shape index (κ2) is 8.57. The average molecular weight is 425 g/mol. The first-order valence-corrected chi connectivity index (χ1v) is 9.71. The molecule has 2 aromatic rings. The predicted octanol–water partition coefficient (Wildman–Crippen LogP) is 3.07. The molecule has 0 radical (unpaired) electrons. The molecule has 0 bridgehead atoms. The molecule has 1 heterocycles. The van der Waals surface area contributed by atoms with E-state index < -0.39 is 12.1 Å². The normalized spacial score (nSPS) is 15.2. The number of hydrogen-bond donors (Lipinski definition) is 3. The van der Waals surface area contributed by atoms with Crippen molar-refractivity contribution >= 4 is 29.2 Å². The van der Waals surface area contributed by atoms with E-state index >= 15 is 0 Å². The number of phenols is 1. The molecule has 150 valence electrons. The summed E-state index contributed by atoms with van der Waals surface area (Å²) in [6.45, 7) is 2.41. The van der Waals surface area contributed by atoms with E-state index in [1.54, 1.807) is 6.92 Å². The third kappa shape index (κ3) is 3.91. The molecule has 6 nitrogen and oxygen atoms in total. The highest BCUT2D eigenvalue weighted by Gasteiger charge is 2.33. The van der Waals surface area contributed by atoms with Crippen LogP contribution in [0.25, 0.3) is 0 Å². The van der Waals surface area contributed by atoms with Gasteiger partial charge in [-0.2, -0.15) is 0 Å². The van der Waals surface area contributed by atoms with E-state index in [1.807, 2.05) is 18.2 Å². The third-order valence-corrected chi connectivity index (χ3v) is 5.58. The van der Waals surface area contributed by atoms with Gasteiger partial charge < -0.3 is 26.0 Å². The van der Waals surface area contributed by atoms with Gasteiger partial charge in [0.2, 0.25) is 0 Å². The van der Waals surface area contributed by atoms with Gasteiger partial charge in [0.1, 0.15) is 16.5 Å². The van der Waals surface area contributed by atoms with E-state index in [0.717, 1.165) is 16.7 Å². The first-order chi connectivity index (χ1) is 13.4. The second-order valence-corrected chi connectivity index (χ2v) is 7.32. The van der Waals surface area contributed by atoms with Crippen molar-refractivity contribution in [1.82, 2.24) is 0 Å². The minimum atomic E-state index is -0.722. The molecular formula is C20H22Cl2N2O4. The third-order valence-electron chi connectivity index (χ3n) is 4.69. The van der Waals surface area contributed by atoms with Gasteiger partial charge in [0.25, 0.3) is 0 Å². The van der Waals surface area contributed by atoms with Crippen molar-refractivity contribution in [1.29, 1.82) is 0 Å². The summed E-state index contributed by atoms with van der Waals surface area (Å²) < 4.78 is 10.7. The maximum atomic E-state index is 12.0. The number of benzene rings is 2. The number of rotatable bonds is 6. The molecule has 0 aliphatic carbocycles. The summed E-state index contributed by atoms with van der Waals surface area (Å²) in [7, 11) is 0.